The second-order valence-corrected chi connectivity index (χ2v) is 9.00. The third kappa shape index (κ3) is 6.06. The molecule has 2 aromatic heterocycles. The van der Waals surface area contributed by atoms with Gasteiger partial charge in [-0.15, -0.1) is 0 Å². The molecule has 7 nitrogen and oxygen atoms in total. The summed E-state index contributed by atoms with van der Waals surface area (Å²) in [6.45, 7) is 3.34. The molecule has 4 rings (SSSR count). The summed E-state index contributed by atoms with van der Waals surface area (Å²) >= 11 is 6.33. The van der Waals surface area contributed by atoms with E-state index >= 15 is 0 Å². The largest absolute Gasteiger partial charge is 0.354 e. The fourth-order valence-electron chi connectivity index (χ4n) is 4.20. The molecule has 2 N–H and O–H groups in total. The summed E-state index contributed by atoms with van der Waals surface area (Å²) in [4.78, 5) is 28.8. The van der Waals surface area contributed by atoms with Gasteiger partial charge in [-0.1, -0.05) is 23.4 Å². The zero-order chi connectivity index (χ0) is 24.9. The first-order valence-corrected chi connectivity index (χ1v) is 11.7. The summed E-state index contributed by atoms with van der Waals surface area (Å²) in [6, 6.07) is 7.91. The summed E-state index contributed by atoms with van der Waals surface area (Å²) < 4.78 is 14.7. The first-order valence-electron chi connectivity index (χ1n) is 11.4. The lowest BCUT2D eigenvalue weighted by Gasteiger charge is -2.29. The average molecular weight is 494 g/mol. The number of amides is 2. The van der Waals surface area contributed by atoms with E-state index in [1.165, 1.54) is 25.3 Å². The van der Waals surface area contributed by atoms with Crippen molar-refractivity contribution in [3.05, 3.63) is 75.9 Å². The summed E-state index contributed by atoms with van der Waals surface area (Å²) in [7, 11) is 0. The molecule has 1 aromatic carbocycles. The molecule has 0 atom stereocenters. The van der Waals surface area contributed by atoms with Crippen LogP contribution in [-0.2, 0) is 4.79 Å². The van der Waals surface area contributed by atoms with E-state index in [1.54, 1.807) is 23.0 Å². The molecule has 35 heavy (non-hydrogen) atoms. The van der Waals surface area contributed by atoms with Crippen LogP contribution < -0.4 is 10.6 Å². The van der Waals surface area contributed by atoms with E-state index in [2.05, 4.69) is 32.6 Å². The number of carbonyl (C=O) groups is 2. The third-order valence-corrected chi connectivity index (χ3v) is 6.20. The van der Waals surface area contributed by atoms with Crippen molar-refractivity contribution in [3.63, 3.8) is 0 Å². The summed E-state index contributed by atoms with van der Waals surface area (Å²) in [6.07, 6.45) is 6.23. The van der Waals surface area contributed by atoms with Crippen molar-refractivity contribution < 1.29 is 14.0 Å². The number of halogens is 2. The maximum absolute atomic E-state index is 13.1. The van der Waals surface area contributed by atoms with Crippen molar-refractivity contribution in [3.8, 4) is 11.8 Å². The first-order chi connectivity index (χ1) is 16.8. The Labute approximate surface area is 208 Å². The minimum absolute atomic E-state index is 0.0198. The molecule has 3 aromatic rings. The number of pyridine rings is 1. The van der Waals surface area contributed by atoms with Crippen molar-refractivity contribution in [1.29, 1.82) is 0 Å². The number of benzene rings is 1. The minimum Gasteiger partial charge on any atom is -0.354 e. The number of nitrogens with zero attached hydrogens (tertiary/aromatic N) is 3. The van der Waals surface area contributed by atoms with Gasteiger partial charge in [-0.2, -0.15) is 5.10 Å². The molecule has 0 bridgehead atoms. The monoisotopic (exact) mass is 493 g/mol. The minimum atomic E-state index is -0.391. The number of anilines is 1. The molecule has 1 aliphatic rings. The zero-order valence-electron chi connectivity index (χ0n) is 19.4. The predicted octanol–water partition coefficient (Wildman–Crippen LogP) is 4.65. The van der Waals surface area contributed by atoms with E-state index in [4.69, 9.17) is 11.6 Å². The van der Waals surface area contributed by atoms with Crippen LogP contribution in [0.15, 0.2) is 42.7 Å². The van der Waals surface area contributed by atoms with E-state index in [9.17, 15) is 14.0 Å². The molecule has 1 aliphatic carbocycles. The number of rotatable bonds is 4. The lowest BCUT2D eigenvalue weighted by atomic mass is 9.91. The molecule has 9 heteroatoms. The molecule has 0 aliphatic heterocycles. The highest BCUT2D eigenvalue weighted by Crippen LogP contribution is 2.31. The topological polar surface area (TPSA) is 88.9 Å². The molecule has 1 fully saturated rings. The van der Waals surface area contributed by atoms with E-state index in [-0.39, 0.29) is 34.5 Å². The molecule has 0 saturated heterocycles. The summed E-state index contributed by atoms with van der Waals surface area (Å²) in [5.74, 6) is 5.63. The number of carbonyl (C=O) groups excluding carboxylic acids is 2. The maximum Gasteiger partial charge on any atom is 0.276 e. The third-order valence-electron chi connectivity index (χ3n) is 5.92. The first kappa shape index (κ1) is 24.4. The van der Waals surface area contributed by atoms with Gasteiger partial charge in [0.25, 0.3) is 5.91 Å². The van der Waals surface area contributed by atoms with Gasteiger partial charge in [0.1, 0.15) is 17.3 Å². The molecular weight excluding hydrogens is 469 g/mol. The number of aromatic nitrogens is 3. The van der Waals surface area contributed by atoms with Crippen LogP contribution in [0, 0.1) is 24.6 Å². The van der Waals surface area contributed by atoms with Gasteiger partial charge in [0.2, 0.25) is 5.91 Å². The lowest BCUT2D eigenvalue weighted by molar-refractivity contribution is -0.119. The smallest absolute Gasteiger partial charge is 0.276 e. The predicted molar refractivity (Wildman–Crippen MR) is 132 cm³/mol. The second-order valence-electron chi connectivity index (χ2n) is 8.59. The Morgan fingerprint density at radius 1 is 1.09 bits per heavy atom. The number of aryl methyl sites for hydroxylation is 1. The Bertz CT molecular complexity index is 1300. The molecular formula is C26H25ClFN5O2. The van der Waals surface area contributed by atoms with Crippen LogP contribution in [-0.4, -0.2) is 32.6 Å². The van der Waals surface area contributed by atoms with Gasteiger partial charge in [-0.05, 0) is 68.5 Å². The van der Waals surface area contributed by atoms with Crippen molar-refractivity contribution in [2.75, 3.05) is 5.32 Å². The molecule has 2 amide bonds. The normalized spacial score (nSPS) is 17.3. The average Bonchev–Trinajstić information content (AvgIpc) is 3.22. The Morgan fingerprint density at radius 3 is 2.43 bits per heavy atom. The van der Waals surface area contributed by atoms with Crippen LogP contribution in [0.25, 0.3) is 0 Å². The fourth-order valence-corrected chi connectivity index (χ4v) is 4.42. The van der Waals surface area contributed by atoms with E-state index in [0.717, 1.165) is 31.2 Å². The molecule has 0 radical (unpaired) electrons. The van der Waals surface area contributed by atoms with Crippen molar-refractivity contribution in [2.45, 2.75) is 51.6 Å². The van der Waals surface area contributed by atoms with Crippen LogP contribution in [0.5, 0.6) is 0 Å². The van der Waals surface area contributed by atoms with Gasteiger partial charge >= 0.3 is 0 Å². The van der Waals surface area contributed by atoms with Gasteiger partial charge in [-0.3, -0.25) is 14.3 Å². The van der Waals surface area contributed by atoms with E-state index in [1.807, 2.05) is 13.0 Å². The fraction of sp³-hybridized carbons (Fsp3) is 0.308. The van der Waals surface area contributed by atoms with Crippen LogP contribution >= 0.6 is 11.6 Å². The van der Waals surface area contributed by atoms with Gasteiger partial charge in [0.05, 0.1) is 17.3 Å². The van der Waals surface area contributed by atoms with Gasteiger partial charge < -0.3 is 10.6 Å². The van der Waals surface area contributed by atoms with Gasteiger partial charge in [-0.25, -0.2) is 9.37 Å². The highest BCUT2D eigenvalue weighted by molar-refractivity contribution is 6.34. The Morgan fingerprint density at radius 2 is 1.77 bits per heavy atom. The van der Waals surface area contributed by atoms with Gasteiger partial charge in [0.15, 0.2) is 0 Å². The molecule has 0 spiro atoms. The van der Waals surface area contributed by atoms with Crippen LogP contribution in [0.4, 0.5) is 10.2 Å². The highest BCUT2D eigenvalue weighted by atomic mass is 35.5. The molecule has 2 heterocycles. The maximum atomic E-state index is 13.1. The number of nitrogens with one attached hydrogen (secondary N) is 2. The van der Waals surface area contributed by atoms with Crippen LogP contribution in [0.3, 0.4) is 0 Å². The van der Waals surface area contributed by atoms with E-state index < -0.39 is 5.91 Å². The standard InChI is InChI=1S/C26H25ClFN5O2/c1-16-13-19(4-3-18-5-7-20(28)8-6-18)14-29-25(16)32-26(35)24-23(27)15-30-33(24)22-11-9-21(10-12-22)31-17(2)34/h5-8,13-15,21-22H,9-12H2,1-2H3,(H,31,34)(H,29,32,35)/t21-,22+. The Balaban J connectivity index is 1.45. The van der Waals surface area contributed by atoms with Gasteiger partial charge in [0, 0.05) is 30.3 Å². The highest BCUT2D eigenvalue weighted by Gasteiger charge is 2.28. The van der Waals surface area contributed by atoms with Crippen molar-refractivity contribution >= 4 is 29.2 Å². The zero-order valence-corrected chi connectivity index (χ0v) is 20.2. The summed E-state index contributed by atoms with van der Waals surface area (Å²) in [5, 5.41) is 10.4. The van der Waals surface area contributed by atoms with Crippen LogP contribution in [0.2, 0.25) is 5.02 Å². The van der Waals surface area contributed by atoms with Crippen molar-refractivity contribution in [1.82, 2.24) is 20.1 Å². The van der Waals surface area contributed by atoms with E-state index in [0.29, 0.717) is 16.9 Å². The number of hydrogen-bond donors (Lipinski definition) is 2. The molecule has 0 unspecified atom stereocenters. The SMILES string of the molecule is CC(=O)N[C@H]1CC[C@@H](n2ncc(Cl)c2C(=O)Nc2ncc(C#Cc3ccc(F)cc3)cc2C)CC1. The van der Waals surface area contributed by atoms with Crippen LogP contribution in [0.1, 0.15) is 65.8 Å². The summed E-state index contributed by atoms with van der Waals surface area (Å²) in [5.41, 5.74) is 2.39. The Hall–Kier alpha value is -3.70. The molecule has 180 valence electrons. The lowest BCUT2D eigenvalue weighted by Crippen LogP contribution is -2.37. The van der Waals surface area contributed by atoms with Crippen molar-refractivity contribution in [2.24, 2.45) is 0 Å². The Kier molecular flexibility index (Phi) is 7.47. The quantitative estimate of drug-likeness (QED) is 0.518. The second kappa shape index (κ2) is 10.7. The molecule has 1 saturated carbocycles. The number of hydrogen-bond acceptors (Lipinski definition) is 4.